The number of pyridine rings is 1. The molecule has 0 spiro atoms. The van der Waals surface area contributed by atoms with Gasteiger partial charge in [-0.15, -0.1) is 0 Å². The van der Waals surface area contributed by atoms with Crippen molar-refractivity contribution in [2.45, 2.75) is 25.9 Å². The predicted octanol–water partition coefficient (Wildman–Crippen LogP) is 1.33. The number of piperidine rings is 1. The summed E-state index contributed by atoms with van der Waals surface area (Å²) >= 11 is 0. The van der Waals surface area contributed by atoms with Crippen molar-refractivity contribution in [3.63, 3.8) is 0 Å². The Morgan fingerprint density at radius 2 is 2.24 bits per heavy atom. The van der Waals surface area contributed by atoms with E-state index in [1.165, 1.54) is 11.3 Å². The van der Waals surface area contributed by atoms with Crippen LogP contribution in [0, 0.1) is 6.92 Å². The van der Waals surface area contributed by atoms with Crippen LogP contribution in [-0.2, 0) is 4.74 Å². The van der Waals surface area contributed by atoms with Gasteiger partial charge in [0.1, 0.15) is 0 Å². The Labute approximate surface area is 103 Å². The highest BCUT2D eigenvalue weighted by molar-refractivity contribution is 5.51. The topological polar surface area (TPSA) is 51.4 Å². The lowest BCUT2D eigenvalue weighted by molar-refractivity contribution is 0.0422. The van der Waals surface area contributed by atoms with Crippen molar-refractivity contribution in [3.8, 4) is 0 Å². The lowest BCUT2D eigenvalue weighted by atomic mass is 10.1. The summed E-state index contributed by atoms with van der Waals surface area (Å²) in [5.41, 5.74) is 7.99. The molecule has 0 radical (unpaired) electrons. The van der Waals surface area contributed by atoms with Crippen molar-refractivity contribution in [2.24, 2.45) is 5.73 Å². The van der Waals surface area contributed by atoms with Crippen molar-refractivity contribution in [1.82, 2.24) is 4.98 Å². The summed E-state index contributed by atoms with van der Waals surface area (Å²) in [4.78, 5) is 6.55. The molecule has 0 atom stereocenters. The third-order valence-electron chi connectivity index (χ3n) is 3.24. The Hall–Kier alpha value is -1.13. The van der Waals surface area contributed by atoms with E-state index in [-0.39, 0.29) is 0 Å². The van der Waals surface area contributed by atoms with Gasteiger partial charge in [-0.05, 0) is 31.4 Å². The third kappa shape index (κ3) is 3.17. The second-order valence-electron chi connectivity index (χ2n) is 4.51. The standard InChI is InChI=1S/C13H21N3O/c1-11-10-15-6-2-13(11)16-7-3-12(4-8-16)17-9-5-14/h2,6,10,12H,3-5,7-9,14H2,1H3. The normalized spacial score (nSPS) is 17.4. The van der Waals surface area contributed by atoms with E-state index in [4.69, 9.17) is 10.5 Å². The van der Waals surface area contributed by atoms with Crippen LogP contribution in [0.5, 0.6) is 0 Å². The van der Waals surface area contributed by atoms with Crippen LogP contribution in [0.2, 0.25) is 0 Å². The molecule has 1 aromatic rings. The number of hydrogen-bond donors (Lipinski definition) is 1. The Morgan fingerprint density at radius 3 is 2.88 bits per heavy atom. The molecule has 0 saturated carbocycles. The monoisotopic (exact) mass is 235 g/mol. The summed E-state index contributed by atoms with van der Waals surface area (Å²) in [7, 11) is 0. The van der Waals surface area contributed by atoms with Gasteiger partial charge in [-0.1, -0.05) is 0 Å². The second kappa shape index (κ2) is 5.98. The van der Waals surface area contributed by atoms with Crippen LogP contribution in [-0.4, -0.2) is 37.3 Å². The van der Waals surface area contributed by atoms with Crippen LogP contribution >= 0.6 is 0 Å². The highest BCUT2D eigenvalue weighted by atomic mass is 16.5. The molecule has 0 amide bonds. The molecular formula is C13H21N3O. The van der Waals surface area contributed by atoms with Gasteiger partial charge in [0.15, 0.2) is 0 Å². The van der Waals surface area contributed by atoms with Crippen molar-refractivity contribution in [1.29, 1.82) is 0 Å². The molecule has 0 aliphatic carbocycles. The molecule has 1 saturated heterocycles. The summed E-state index contributed by atoms with van der Waals surface area (Å²) in [5.74, 6) is 0. The van der Waals surface area contributed by atoms with Crippen LogP contribution in [0.3, 0.4) is 0 Å². The Morgan fingerprint density at radius 1 is 1.47 bits per heavy atom. The molecule has 0 unspecified atom stereocenters. The van der Waals surface area contributed by atoms with Crippen LogP contribution in [0.4, 0.5) is 5.69 Å². The van der Waals surface area contributed by atoms with E-state index in [0.29, 0.717) is 19.3 Å². The van der Waals surface area contributed by atoms with E-state index in [0.717, 1.165) is 25.9 Å². The first-order valence-corrected chi connectivity index (χ1v) is 6.28. The summed E-state index contributed by atoms with van der Waals surface area (Å²) in [6, 6.07) is 2.09. The zero-order valence-electron chi connectivity index (χ0n) is 10.4. The zero-order chi connectivity index (χ0) is 12.1. The maximum Gasteiger partial charge on any atom is 0.0609 e. The van der Waals surface area contributed by atoms with Crippen molar-refractivity contribution >= 4 is 5.69 Å². The number of anilines is 1. The average Bonchev–Trinajstić information content (AvgIpc) is 2.38. The smallest absolute Gasteiger partial charge is 0.0609 e. The molecule has 1 aromatic heterocycles. The molecule has 17 heavy (non-hydrogen) atoms. The minimum absolute atomic E-state index is 0.386. The number of hydrogen-bond acceptors (Lipinski definition) is 4. The fraction of sp³-hybridized carbons (Fsp3) is 0.615. The van der Waals surface area contributed by atoms with E-state index >= 15 is 0 Å². The molecule has 2 N–H and O–H groups in total. The van der Waals surface area contributed by atoms with E-state index < -0.39 is 0 Å². The van der Waals surface area contributed by atoms with E-state index in [1.807, 2.05) is 12.4 Å². The van der Waals surface area contributed by atoms with Gasteiger partial charge in [0.2, 0.25) is 0 Å². The molecule has 1 aliphatic rings. The minimum Gasteiger partial charge on any atom is -0.377 e. The van der Waals surface area contributed by atoms with E-state index in [2.05, 4.69) is 22.9 Å². The largest absolute Gasteiger partial charge is 0.377 e. The fourth-order valence-electron chi connectivity index (χ4n) is 2.32. The van der Waals surface area contributed by atoms with Gasteiger partial charge < -0.3 is 15.4 Å². The first-order valence-electron chi connectivity index (χ1n) is 6.28. The maximum atomic E-state index is 5.68. The number of nitrogens with zero attached hydrogens (tertiary/aromatic N) is 2. The van der Waals surface area contributed by atoms with Crippen LogP contribution in [0.15, 0.2) is 18.5 Å². The number of nitrogens with two attached hydrogens (primary N) is 1. The molecule has 1 fully saturated rings. The van der Waals surface area contributed by atoms with Crippen LogP contribution in [0.25, 0.3) is 0 Å². The lowest BCUT2D eigenvalue weighted by Gasteiger charge is -2.34. The van der Waals surface area contributed by atoms with Crippen molar-refractivity contribution in [2.75, 3.05) is 31.1 Å². The molecule has 4 nitrogen and oxygen atoms in total. The Balaban J connectivity index is 1.89. The van der Waals surface area contributed by atoms with Crippen molar-refractivity contribution < 1.29 is 4.74 Å². The van der Waals surface area contributed by atoms with Gasteiger partial charge in [0.05, 0.1) is 12.7 Å². The first kappa shape index (κ1) is 12.3. The quantitative estimate of drug-likeness (QED) is 0.855. The molecular weight excluding hydrogens is 214 g/mol. The van der Waals surface area contributed by atoms with Gasteiger partial charge in [0, 0.05) is 37.7 Å². The minimum atomic E-state index is 0.386. The molecule has 2 heterocycles. The summed E-state index contributed by atoms with van der Waals surface area (Å²) < 4.78 is 5.68. The van der Waals surface area contributed by atoms with Gasteiger partial charge in [-0.2, -0.15) is 0 Å². The highest BCUT2D eigenvalue weighted by Crippen LogP contribution is 2.23. The SMILES string of the molecule is Cc1cnccc1N1CCC(OCCN)CC1. The van der Waals surface area contributed by atoms with Crippen LogP contribution in [0.1, 0.15) is 18.4 Å². The van der Waals surface area contributed by atoms with Crippen molar-refractivity contribution in [3.05, 3.63) is 24.0 Å². The summed E-state index contributed by atoms with van der Waals surface area (Å²) in [5, 5.41) is 0. The van der Waals surface area contributed by atoms with Gasteiger partial charge >= 0.3 is 0 Å². The molecule has 0 bridgehead atoms. The summed E-state index contributed by atoms with van der Waals surface area (Å²) in [6.07, 6.45) is 6.34. The van der Waals surface area contributed by atoms with Crippen LogP contribution < -0.4 is 10.6 Å². The number of rotatable bonds is 4. The average molecular weight is 235 g/mol. The third-order valence-corrected chi connectivity index (χ3v) is 3.24. The molecule has 0 aromatic carbocycles. The number of ether oxygens (including phenoxy) is 1. The van der Waals surface area contributed by atoms with Gasteiger partial charge in [-0.3, -0.25) is 4.98 Å². The Bertz CT molecular complexity index is 348. The lowest BCUT2D eigenvalue weighted by Crippen LogP contribution is -2.38. The predicted molar refractivity (Wildman–Crippen MR) is 69.2 cm³/mol. The molecule has 2 rings (SSSR count). The maximum absolute atomic E-state index is 5.68. The van der Waals surface area contributed by atoms with Gasteiger partial charge in [-0.25, -0.2) is 0 Å². The zero-order valence-corrected chi connectivity index (χ0v) is 10.4. The Kier molecular flexibility index (Phi) is 4.34. The highest BCUT2D eigenvalue weighted by Gasteiger charge is 2.20. The van der Waals surface area contributed by atoms with E-state index in [1.54, 1.807) is 0 Å². The fourth-order valence-corrected chi connectivity index (χ4v) is 2.32. The van der Waals surface area contributed by atoms with Gasteiger partial charge in [0.25, 0.3) is 0 Å². The second-order valence-corrected chi connectivity index (χ2v) is 4.51. The molecule has 94 valence electrons. The van der Waals surface area contributed by atoms with E-state index in [9.17, 15) is 0 Å². The molecule has 1 aliphatic heterocycles. The first-order chi connectivity index (χ1) is 8.31. The number of aryl methyl sites for hydroxylation is 1. The summed E-state index contributed by atoms with van der Waals surface area (Å²) in [6.45, 7) is 5.52. The molecule has 4 heteroatoms. The number of aromatic nitrogens is 1.